The standard InChI is InChI=1S/C25H23NO5/c1-30-13-12-26-22(18-8-5-9-20(15-18)31-2)21(24(28)25(26)29)23(27)19-11-10-16-6-3-4-7-17(16)14-19/h3-11,14-15,22,27H,12-13H2,1-2H3/b23-21-. The zero-order valence-electron chi connectivity index (χ0n) is 17.4. The van der Waals surface area contributed by atoms with Crippen LogP contribution in [-0.2, 0) is 14.3 Å². The molecule has 0 aromatic heterocycles. The van der Waals surface area contributed by atoms with Crippen LogP contribution in [0.2, 0.25) is 0 Å². The summed E-state index contributed by atoms with van der Waals surface area (Å²) >= 11 is 0. The number of ether oxygens (including phenoxy) is 2. The number of aliphatic hydroxyl groups is 1. The van der Waals surface area contributed by atoms with E-state index in [-0.39, 0.29) is 24.5 Å². The first-order valence-corrected chi connectivity index (χ1v) is 9.95. The van der Waals surface area contributed by atoms with Gasteiger partial charge in [0.2, 0.25) is 0 Å². The summed E-state index contributed by atoms with van der Waals surface area (Å²) in [5, 5.41) is 13.1. The molecule has 1 N–H and O–H groups in total. The minimum Gasteiger partial charge on any atom is -0.507 e. The van der Waals surface area contributed by atoms with Gasteiger partial charge in [-0.15, -0.1) is 0 Å². The summed E-state index contributed by atoms with van der Waals surface area (Å²) in [6.07, 6.45) is 0. The number of hydrogen-bond donors (Lipinski definition) is 1. The highest BCUT2D eigenvalue weighted by Crippen LogP contribution is 2.40. The van der Waals surface area contributed by atoms with Gasteiger partial charge in [-0.05, 0) is 34.5 Å². The summed E-state index contributed by atoms with van der Waals surface area (Å²) < 4.78 is 10.5. The summed E-state index contributed by atoms with van der Waals surface area (Å²) in [6.45, 7) is 0.487. The molecule has 1 aliphatic heterocycles. The van der Waals surface area contributed by atoms with Crippen LogP contribution in [0.3, 0.4) is 0 Å². The Kier molecular flexibility index (Phi) is 5.73. The molecule has 3 aromatic carbocycles. The van der Waals surface area contributed by atoms with E-state index in [0.29, 0.717) is 16.9 Å². The molecule has 0 aliphatic carbocycles. The second kappa shape index (κ2) is 8.62. The lowest BCUT2D eigenvalue weighted by Crippen LogP contribution is -2.32. The van der Waals surface area contributed by atoms with E-state index in [9.17, 15) is 14.7 Å². The van der Waals surface area contributed by atoms with Crippen molar-refractivity contribution in [3.8, 4) is 5.75 Å². The topological polar surface area (TPSA) is 76.1 Å². The van der Waals surface area contributed by atoms with Crippen molar-refractivity contribution < 1.29 is 24.2 Å². The van der Waals surface area contributed by atoms with Gasteiger partial charge in [0.1, 0.15) is 11.5 Å². The van der Waals surface area contributed by atoms with E-state index in [2.05, 4.69) is 0 Å². The van der Waals surface area contributed by atoms with Crippen molar-refractivity contribution in [2.75, 3.05) is 27.4 Å². The number of hydrogen-bond acceptors (Lipinski definition) is 5. The van der Waals surface area contributed by atoms with Crippen LogP contribution < -0.4 is 4.74 Å². The van der Waals surface area contributed by atoms with Crippen LogP contribution in [0, 0.1) is 0 Å². The Balaban J connectivity index is 1.88. The maximum atomic E-state index is 13.0. The second-order valence-electron chi connectivity index (χ2n) is 7.32. The van der Waals surface area contributed by atoms with E-state index in [4.69, 9.17) is 9.47 Å². The third-order valence-electron chi connectivity index (χ3n) is 5.51. The van der Waals surface area contributed by atoms with Gasteiger partial charge in [-0.3, -0.25) is 9.59 Å². The van der Waals surface area contributed by atoms with Crippen LogP contribution in [0.1, 0.15) is 17.2 Å². The Bertz CT molecular complexity index is 1180. The molecule has 6 nitrogen and oxygen atoms in total. The Hall–Kier alpha value is -3.64. The van der Waals surface area contributed by atoms with Crippen molar-refractivity contribution in [2.24, 2.45) is 0 Å². The lowest BCUT2D eigenvalue weighted by Gasteiger charge is -2.25. The highest BCUT2D eigenvalue weighted by atomic mass is 16.5. The van der Waals surface area contributed by atoms with Crippen molar-refractivity contribution >= 4 is 28.2 Å². The fraction of sp³-hybridized carbons (Fsp3) is 0.200. The Labute approximate surface area is 180 Å². The molecule has 0 bridgehead atoms. The average Bonchev–Trinajstić information content (AvgIpc) is 3.06. The SMILES string of the molecule is COCCN1C(=O)C(=O)/C(=C(\O)c2ccc3ccccc3c2)C1c1cccc(OC)c1. The normalized spacial score (nSPS) is 18.0. The lowest BCUT2D eigenvalue weighted by atomic mass is 9.94. The Morgan fingerprint density at radius 3 is 2.48 bits per heavy atom. The number of rotatable bonds is 6. The first-order valence-electron chi connectivity index (χ1n) is 9.95. The van der Waals surface area contributed by atoms with Gasteiger partial charge in [0, 0.05) is 19.2 Å². The molecule has 1 fully saturated rings. The van der Waals surface area contributed by atoms with Crippen LogP contribution in [0.15, 0.2) is 72.3 Å². The third-order valence-corrected chi connectivity index (χ3v) is 5.51. The minimum absolute atomic E-state index is 0.0598. The number of ketones is 1. The number of likely N-dealkylation sites (tertiary alicyclic amines) is 1. The molecule has 1 aliphatic rings. The molecule has 3 aromatic rings. The zero-order valence-corrected chi connectivity index (χ0v) is 17.4. The first kappa shape index (κ1) is 20.6. The van der Waals surface area contributed by atoms with E-state index < -0.39 is 17.7 Å². The Morgan fingerprint density at radius 2 is 1.74 bits per heavy atom. The van der Waals surface area contributed by atoms with Crippen LogP contribution >= 0.6 is 0 Å². The number of fused-ring (bicyclic) bond motifs is 1. The van der Waals surface area contributed by atoms with E-state index in [1.54, 1.807) is 31.4 Å². The zero-order chi connectivity index (χ0) is 22.0. The molecule has 1 amide bonds. The van der Waals surface area contributed by atoms with Crippen molar-refractivity contribution in [1.82, 2.24) is 4.90 Å². The van der Waals surface area contributed by atoms with Crippen molar-refractivity contribution in [3.05, 3.63) is 83.4 Å². The number of carbonyl (C=O) groups excluding carboxylic acids is 2. The van der Waals surface area contributed by atoms with E-state index in [1.165, 1.54) is 12.0 Å². The largest absolute Gasteiger partial charge is 0.507 e. The minimum atomic E-state index is -0.739. The molecule has 0 radical (unpaired) electrons. The number of Topliss-reactive ketones (excluding diaryl/α,β-unsaturated/α-hetero) is 1. The molecule has 1 saturated heterocycles. The lowest BCUT2D eigenvalue weighted by molar-refractivity contribution is -0.140. The quantitative estimate of drug-likeness (QED) is 0.374. The maximum absolute atomic E-state index is 13.0. The van der Waals surface area contributed by atoms with Gasteiger partial charge in [0.05, 0.1) is 25.3 Å². The highest BCUT2D eigenvalue weighted by Gasteiger charge is 2.46. The number of aliphatic hydroxyl groups excluding tert-OH is 1. The van der Waals surface area contributed by atoms with Crippen LogP contribution in [0.4, 0.5) is 0 Å². The maximum Gasteiger partial charge on any atom is 0.295 e. The summed E-state index contributed by atoms with van der Waals surface area (Å²) in [4.78, 5) is 27.3. The van der Waals surface area contributed by atoms with Gasteiger partial charge in [0.15, 0.2) is 0 Å². The summed E-state index contributed by atoms with van der Waals surface area (Å²) in [5.74, 6) is -0.973. The summed E-state index contributed by atoms with van der Waals surface area (Å²) in [6, 6.07) is 19.6. The van der Waals surface area contributed by atoms with Gasteiger partial charge < -0.3 is 19.5 Å². The molecule has 31 heavy (non-hydrogen) atoms. The van der Waals surface area contributed by atoms with Crippen LogP contribution in [-0.4, -0.2) is 49.1 Å². The predicted octanol–water partition coefficient (Wildman–Crippen LogP) is 3.92. The molecule has 4 rings (SSSR count). The predicted molar refractivity (Wildman–Crippen MR) is 118 cm³/mol. The number of nitrogens with zero attached hydrogens (tertiary/aromatic N) is 1. The molecule has 158 valence electrons. The van der Waals surface area contributed by atoms with Gasteiger partial charge in [-0.1, -0.05) is 48.5 Å². The molecule has 0 spiro atoms. The first-order chi connectivity index (χ1) is 15.0. The van der Waals surface area contributed by atoms with Crippen molar-refractivity contribution in [3.63, 3.8) is 0 Å². The number of methoxy groups -OCH3 is 2. The monoisotopic (exact) mass is 417 g/mol. The van der Waals surface area contributed by atoms with Gasteiger partial charge in [-0.2, -0.15) is 0 Å². The van der Waals surface area contributed by atoms with Crippen LogP contribution in [0.25, 0.3) is 16.5 Å². The fourth-order valence-corrected chi connectivity index (χ4v) is 3.95. The molecule has 1 heterocycles. The molecular formula is C25H23NO5. The molecule has 1 unspecified atom stereocenters. The van der Waals surface area contributed by atoms with Crippen molar-refractivity contribution in [2.45, 2.75) is 6.04 Å². The molecule has 6 heteroatoms. The highest BCUT2D eigenvalue weighted by molar-refractivity contribution is 6.46. The second-order valence-corrected chi connectivity index (χ2v) is 7.32. The van der Waals surface area contributed by atoms with E-state index in [0.717, 1.165) is 10.8 Å². The fourth-order valence-electron chi connectivity index (χ4n) is 3.95. The van der Waals surface area contributed by atoms with E-state index >= 15 is 0 Å². The number of carbonyl (C=O) groups is 2. The molecule has 1 atom stereocenters. The third kappa shape index (κ3) is 3.78. The van der Waals surface area contributed by atoms with E-state index in [1.807, 2.05) is 42.5 Å². The van der Waals surface area contributed by atoms with Gasteiger partial charge in [-0.25, -0.2) is 0 Å². The smallest absolute Gasteiger partial charge is 0.295 e. The van der Waals surface area contributed by atoms with Gasteiger partial charge >= 0.3 is 0 Å². The Morgan fingerprint density at radius 1 is 0.968 bits per heavy atom. The molecule has 0 saturated carbocycles. The molecular weight excluding hydrogens is 394 g/mol. The average molecular weight is 417 g/mol. The number of benzene rings is 3. The van der Waals surface area contributed by atoms with Gasteiger partial charge in [0.25, 0.3) is 11.7 Å². The van der Waals surface area contributed by atoms with Crippen LogP contribution in [0.5, 0.6) is 5.75 Å². The van der Waals surface area contributed by atoms with Crippen molar-refractivity contribution in [1.29, 1.82) is 0 Å². The summed E-state index contributed by atoms with van der Waals surface area (Å²) in [7, 11) is 3.09. The summed E-state index contributed by atoms with van der Waals surface area (Å²) in [5.41, 5.74) is 1.22. The number of amides is 1.